The number of esters is 1. The van der Waals surface area contributed by atoms with E-state index in [1.165, 1.54) is 12.1 Å². The van der Waals surface area contributed by atoms with Crippen molar-refractivity contribution in [3.8, 4) is 0 Å². The SMILES string of the molecule is CC(C)COC(=O)c1ccc(C(=O)O)s1. The number of hydrogen-bond donors (Lipinski definition) is 1. The van der Waals surface area contributed by atoms with Crippen LogP contribution in [0.5, 0.6) is 0 Å². The minimum Gasteiger partial charge on any atom is -0.477 e. The monoisotopic (exact) mass is 228 g/mol. The first-order chi connectivity index (χ1) is 7.00. The molecule has 0 amide bonds. The number of carbonyl (C=O) groups is 2. The molecule has 0 radical (unpaired) electrons. The smallest absolute Gasteiger partial charge is 0.348 e. The van der Waals surface area contributed by atoms with Crippen LogP contribution in [-0.2, 0) is 4.74 Å². The molecule has 4 nitrogen and oxygen atoms in total. The van der Waals surface area contributed by atoms with Gasteiger partial charge in [0.05, 0.1) is 6.61 Å². The van der Waals surface area contributed by atoms with Crippen molar-refractivity contribution in [2.24, 2.45) is 5.92 Å². The predicted octanol–water partition coefficient (Wildman–Crippen LogP) is 2.26. The van der Waals surface area contributed by atoms with Gasteiger partial charge in [0.25, 0.3) is 0 Å². The molecule has 1 heterocycles. The van der Waals surface area contributed by atoms with Crippen molar-refractivity contribution in [3.63, 3.8) is 0 Å². The first-order valence-electron chi connectivity index (χ1n) is 4.51. The van der Waals surface area contributed by atoms with Crippen LogP contribution in [0.2, 0.25) is 0 Å². The Morgan fingerprint density at radius 1 is 1.40 bits per heavy atom. The Morgan fingerprint density at radius 3 is 2.47 bits per heavy atom. The van der Waals surface area contributed by atoms with E-state index in [1.54, 1.807) is 0 Å². The van der Waals surface area contributed by atoms with Gasteiger partial charge in [0.15, 0.2) is 0 Å². The van der Waals surface area contributed by atoms with E-state index in [0.29, 0.717) is 11.5 Å². The van der Waals surface area contributed by atoms with Gasteiger partial charge in [-0.1, -0.05) is 13.8 Å². The van der Waals surface area contributed by atoms with E-state index < -0.39 is 11.9 Å². The molecule has 1 N–H and O–H groups in total. The maximum absolute atomic E-state index is 11.4. The average Bonchev–Trinajstić information content (AvgIpc) is 2.62. The van der Waals surface area contributed by atoms with Gasteiger partial charge in [-0.15, -0.1) is 11.3 Å². The molecule has 0 spiro atoms. The third kappa shape index (κ3) is 3.36. The fraction of sp³-hybridized carbons (Fsp3) is 0.400. The number of carbonyl (C=O) groups excluding carboxylic acids is 1. The lowest BCUT2D eigenvalue weighted by atomic mass is 10.2. The Morgan fingerprint density at radius 2 is 2.00 bits per heavy atom. The highest BCUT2D eigenvalue weighted by Crippen LogP contribution is 2.17. The van der Waals surface area contributed by atoms with Gasteiger partial charge in [-0.25, -0.2) is 9.59 Å². The van der Waals surface area contributed by atoms with Gasteiger partial charge in [-0.05, 0) is 18.1 Å². The van der Waals surface area contributed by atoms with Crippen molar-refractivity contribution in [2.45, 2.75) is 13.8 Å². The third-order valence-electron chi connectivity index (χ3n) is 1.57. The second-order valence-corrected chi connectivity index (χ2v) is 4.55. The molecule has 0 aliphatic carbocycles. The number of carboxylic acids is 1. The van der Waals surface area contributed by atoms with Gasteiger partial charge < -0.3 is 9.84 Å². The van der Waals surface area contributed by atoms with E-state index in [0.717, 1.165) is 11.3 Å². The molecular weight excluding hydrogens is 216 g/mol. The lowest BCUT2D eigenvalue weighted by molar-refractivity contribution is 0.0464. The molecule has 1 aromatic rings. The zero-order chi connectivity index (χ0) is 11.4. The highest BCUT2D eigenvalue weighted by Gasteiger charge is 2.14. The minimum absolute atomic E-state index is 0.145. The number of rotatable bonds is 4. The Labute approximate surface area is 91.5 Å². The summed E-state index contributed by atoms with van der Waals surface area (Å²) in [4.78, 5) is 22.4. The summed E-state index contributed by atoms with van der Waals surface area (Å²) in [6.45, 7) is 4.22. The van der Waals surface area contributed by atoms with Crippen LogP contribution in [0.1, 0.15) is 33.2 Å². The Hall–Kier alpha value is -1.36. The number of thiophene rings is 1. The summed E-state index contributed by atoms with van der Waals surface area (Å²) in [5, 5.41) is 8.66. The number of carboxylic acid groups (broad SMARTS) is 1. The highest BCUT2D eigenvalue weighted by atomic mass is 32.1. The molecule has 82 valence electrons. The predicted molar refractivity (Wildman–Crippen MR) is 56.4 cm³/mol. The molecule has 0 fully saturated rings. The molecule has 0 bridgehead atoms. The summed E-state index contributed by atoms with van der Waals surface area (Å²) < 4.78 is 4.96. The first-order valence-corrected chi connectivity index (χ1v) is 5.32. The van der Waals surface area contributed by atoms with Crippen LogP contribution in [-0.4, -0.2) is 23.7 Å². The maximum atomic E-state index is 11.4. The molecule has 0 unspecified atom stereocenters. The molecule has 15 heavy (non-hydrogen) atoms. The minimum atomic E-state index is -1.03. The van der Waals surface area contributed by atoms with Gasteiger partial charge in [0.1, 0.15) is 9.75 Å². The quantitative estimate of drug-likeness (QED) is 0.803. The number of ether oxygens (including phenoxy) is 1. The lowest BCUT2D eigenvalue weighted by Crippen LogP contribution is -2.08. The number of hydrogen-bond acceptors (Lipinski definition) is 4. The highest BCUT2D eigenvalue weighted by molar-refractivity contribution is 7.15. The fourth-order valence-electron chi connectivity index (χ4n) is 0.876. The molecule has 5 heteroatoms. The molecule has 0 aliphatic rings. The molecule has 1 rings (SSSR count). The summed E-state index contributed by atoms with van der Waals surface area (Å²) in [6.07, 6.45) is 0. The molecular formula is C10H12O4S. The van der Waals surface area contributed by atoms with Crippen molar-refractivity contribution in [1.29, 1.82) is 0 Å². The van der Waals surface area contributed by atoms with Gasteiger partial charge >= 0.3 is 11.9 Å². The van der Waals surface area contributed by atoms with E-state index in [4.69, 9.17) is 9.84 Å². The molecule has 0 saturated heterocycles. The Kier molecular flexibility index (Phi) is 3.85. The van der Waals surface area contributed by atoms with Crippen molar-refractivity contribution >= 4 is 23.3 Å². The average molecular weight is 228 g/mol. The second kappa shape index (κ2) is 4.93. The van der Waals surface area contributed by atoms with Crippen LogP contribution >= 0.6 is 11.3 Å². The second-order valence-electron chi connectivity index (χ2n) is 3.46. The van der Waals surface area contributed by atoms with Crippen LogP contribution in [0, 0.1) is 5.92 Å². The van der Waals surface area contributed by atoms with Gasteiger partial charge in [-0.2, -0.15) is 0 Å². The molecule has 0 saturated carbocycles. The standard InChI is InChI=1S/C10H12O4S/c1-6(2)5-14-10(13)8-4-3-7(15-8)9(11)12/h3-4,6H,5H2,1-2H3,(H,11,12). The normalized spacial score (nSPS) is 10.3. The summed E-state index contributed by atoms with van der Waals surface area (Å²) in [5.41, 5.74) is 0. The lowest BCUT2D eigenvalue weighted by Gasteiger charge is -2.04. The van der Waals surface area contributed by atoms with E-state index in [-0.39, 0.29) is 10.8 Å². The Balaban J connectivity index is 2.62. The van der Waals surface area contributed by atoms with Crippen molar-refractivity contribution < 1.29 is 19.4 Å². The number of aromatic carboxylic acids is 1. The van der Waals surface area contributed by atoms with Gasteiger partial charge in [-0.3, -0.25) is 0 Å². The topological polar surface area (TPSA) is 63.6 Å². The van der Waals surface area contributed by atoms with E-state index in [1.807, 2.05) is 13.8 Å². The van der Waals surface area contributed by atoms with Crippen LogP contribution < -0.4 is 0 Å². The zero-order valence-electron chi connectivity index (χ0n) is 8.52. The Bertz CT molecular complexity index is 367. The maximum Gasteiger partial charge on any atom is 0.348 e. The van der Waals surface area contributed by atoms with E-state index in [9.17, 15) is 9.59 Å². The van der Waals surface area contributed by atoms with E-state index in [2.05, 4.69) is 0 Å². The summed E-state index contributed by atoms with van der Waals surface area (Å²) >= 11 is 0.927. The van der Waals surface area contributed by atoms with Gasteiger partial charge in [0.2, 0.25) is 0 Å². The van der Waals surface area contributed by atoms with Crippen LogP contribution in [0.4, 0.5) is 0 Å². The summed E-state index contributed by atoms with van der Waals surface area (Å²) in [6, 6.07) is 2.87. The summed E-state index contributed by atoms with van der Waals surface area (Å²) in [7, 11) is 0. The van der Waals surface area contributed by atoms with Crippen LogP contribution in [0.15, 0.2) is 12.1 Å². The van der Waals surface area contributed by atoms with E-state index >= 15 is 0 Å². The third-order valence-corrected chi connectivity index (χ3v) is 2.62. The van der Waals surface area contributed by atoms with Crippen LogP contribution in [0.25, 0.3) is 0 Å². The summed E-state index contributed by atoms with van der Waals surface area (Å²) in [5.74, 6) is -1.21. The molecule has 0 aliphatic heterocycles. The van der Waals surface area contributed by atoms with Gasteiger partial charge in [0, 0.05) is 0 Å². The molecule has 0 aromatic carbocycles. The molecule has 0 atom stereocenters. The van der Waals surface area contributed by atoms with Crippen molar-refractivity contribution in [3.05, 3.63) is 21.9 Å². The van der Waals surface area contributed by atoms with Crippen LogP contribution in [0.3, 0.4) is 0 Å². The first kappa shape index (κ1) is 11.7. The largest absolute Gasteiger partial charge is 0.477 e. The molecule has 1 aromatic heterocycles. The fourth-order valence-corrected chi connectivity index (χ4v) is 1.61. The zero-order valence-corrected chi connectivity index (χ0v) is 9.34. The van der Waals surface area contributed by atoms with Crippen molar-refractivity contribution in [2.75, 3.05) is 6.61 Å². The van der Waals surface area contributed by atoms with Crippen molar-refractivity contribution in [1.82, 2.24) is 0 Å².